The Hall–Kier alpha value is -4.03. The Kier molecular flexibility index (Phi) is 3.16. The van der Waals surface area contributed by atoms with E-state index in [1.807, 2.05) is 12.1 Å². The molecule has 0 saturated heterocycles. The van der Waals surface area contributed by atoms with E-state index < -0.39 is 0 Å². The Bertz CT molecular complexity index is 1620. The molecule has 0 aliphatic carbocycles. The Morgan fingerprint density at radius 2 is 1.48 bits per heavy atom. The molecule has 6 rings (SSSR count). The van der Waals surface area contributed by atoms with Gasteiger partial charge in [0.05, 0.1) is 22.7 Å². The average Bonchev–Trinajstić information content (AvgIpc) is 3.28. The summed E-state index contributed by atoms with van der Waals surface area (Å²) in [5.41, 5.74) is 7.57. The van der Waals surface area contributed by atoms with Crippen molar-refractivity contribution in [2.45, 2.75) is 6.92 Å². The third kappa shape index (κ3) is 2.23. The molecule has 0 aliphatic heterocycles. The average molecular weight is 371 g/mol. The van der Waals surface area contributed by atoms with Crippen molar-refractivity contribution < 1.29 is 0 Å². The summed E-state index contributed by atoms with van der Waals surface area (Å²) >= 11 is 0. The van der Waals surface area contributed by atoms with Gasteiger partial charge in [0.25, 0.3) is 0 Å². The monoisotopic (exact) mass is 371 g/mol. The number of rotatable bonds is 1. The van der Waals surface area contributed by atoms with E-state index in [0.717, 1.165) is 33.1 Å². The van der Waals surface area contributed by atoms with Crippen LogP contribution in [0.25, 0.3) is 49.3 Å². The van der Waals surface area contributed by atoms with Gasteiger partial charge in [0, 0.05) is 38.3 Å². The van der Waals surface area contributed by atoms with Gasteiger partial charge >= 0.3 is 0 Å². The number of nitrogens with one attached hydrogen (secondary N) is 1. The molecule has 3 nitrogen and oxygen atoms in total. The standard InChI is InChI=1S/C26H17N3/c1-16-6-10-25-21(12-16)22-13-17(15-27)7-11-26(22)29(25)18-8-9-24-20(14-18)19-4-2-3-5-23(19)28-24/h2-14,28H,1H3. The number of aromatic amines is 1. The molecule has 0 aliphatic rings. The van der Waals surface area contributed by atoms with Crippen molar-refractivity contribution in [3.8, 4) is 11.8 Å². The second-order valence-corrected chi connectivity index (χ2v) is 7.60. The van der Waals surface area contributed by atoms with Gasteiger partial charge in [0.2, 0.25) is 0 Å². The van der Waals surface area contributed by atoms with Crippen LogP contribution in [0, 0.1) is 18.3 Å². The van der Waals surface area contributed by atoms with Crippen LogP contribution < -0.4 is 0 Å². The summed E-state index contributed by atoms with van der Waals surface area (Å²) in [6.07, 6.45) is 0. The molecule has 0 fully saturated rings. The third-order valence-corrected chi connectivity index (χ3v) is 5.80. The van der Waals surface area contributed by atoms with Crippen molar-refractivity contribution in [3.05, 3.63) is 90.0 Å². The summed E-state index contributed by atoms with van der Waals surface area (Å²) < 4.78 is 2.30. The van der Waals surface area contributed by atoms with E-state index in [2.05, 4.69) is 89.3 Å². The number of aromatic nitrogens is 2. The maximum Gasteiger partial charge on any atom is 0.0991 e. The molecule has 2 heterocycles. The number of nitrogens with zero attached hydrogens (tertiary/aromatic N) is 2. The minimum absolute atomic E-state index is 0.685. The number of H-pyrrole nitrogens is 1. The summed E-state index contributed by atoms with van der Waals surface area (Å²) in [5, 5.41) is 14.1. The van der Waals surface area contributed by atoms with Gasteiger partial charge in [-0.1, -0.05) is 29.8 Å². The Morgan fingerprint density at radius 3 is 2.34 bits per heavy atom. The number of aryl methyl sites for hydroxylation is 1. The molecule has 0 bridgehead atoms. The molecule has 0 unspecified atom stereocenters. The Balaban J connectivity index is 1.74. The molecule has 3 heteroatoms. The van der Waals surface area contributed by atoms with Gasteiger partial charge in [-0.2, -0.15) is 5.26 Å². The van der Waals surface area contributed by atoms with Crippen LogP contribution in [0.3, 0.4) is 0 Å². The first kappa shape index (κ1) is 16.0. The van der Waals surface area contributed by atoms with Gasteiger partial charge in [-0.25, -0.2) is 0 Å². The zero-order chi connectivity index (χ0) is 19.5. The zero-order valence-corrected chi connectivity index (χ0v) is 15.9. The molecule has 0 atom stereocenters. The number of hydrogen-bond donors (Lipinski definition) is 1. The molecule has 0 spiro atoms. The topological polar surface area (TPSA) is 44.5 Å². The normalized spacial score (nSPS) is 11.6. The lowest BCUT2D eigenvalue weighted by Crippen LogP contribution is -1.93. The van der Waals surface area contributed by atoms with Crippen LogP contribution >= 0.6 is 0 Å². The molecule has 1 N–H and O–H groups in total. The summed E-state index contributed by atoms with van der Waals surface area (Å²) in [6.45, 7) is 2.11. The number of fused-ring (bicyclic) bond motifs is 6. The lowest BCUT2D eigenvalue weighted by atomic mass is 10.1. The molecule has 136 valence electrons. The fourth-order valence-corrected chi connectivity index (χ4v) is 4.46. The lowest BCUT2D eigenvalue weighted by Gasteiger charge is -2.08. The van der Waals surface area contributed by atoms with E-state index in [1.54, 1.807) is 0 Å². The van der Waals surface area contributed by atoms with Crippen molar-refractivity contribution in [2.75, 3.05) is 0 Å². The molecule has 6 aromatic rings. The molecular weight excluding hydrogens is 354 g/mol. The van der Waals surface area contributed by atoms with E-state index >= 15 is 0 Å². The minimum atomic E-state index is 0.685. The van der Waals surface area contributed by atoms with Crippen LogP contribution in [-0.4, -0.2) is 9.55 Å². The minimum Gasteiger partial charge on any atom is -0.355 e. The fourth-order valence-electron chi connectivity index (χ4n) is 4.46. The van der Waals surface area contributed by atoms with Gasteiger partial charge in [-0.3, -0.25) is 0 Å². The maximum absolute atomic E-state index is 9.38. The molecule has 0 radical (unpaired) electrons. The van der Waals surface area contributed by atoms with Crippen molar-refractivity contribution >= 4 is 43.6 Å². The molecule has 0 amide bonds. The van der Waals surface area contributed by atoms with Crippen molar-refractivity contribution in [3.63, 3.8) is 0 Å². The van der Waals surface area contributed by atoms with Crippen molar-refractivity contribution in [2.24, 2.45) is 0 Å². The van der Waals surface area contributed by atoms with E-state index in [9.17, 15) is 5.26 Å². The quantitative estimate of drug-likeness (QED) is 0.348. The van der Waals surface area contributed by atoms with Crippen LogP contribution in [0.2, 0.25) is 0 Å². The summed E-state index contributed by atoms with van der Waals surface area (Å²) in [4.78, 5) is 3.50. The van der Waals surface area contributed by atoms with Crippen LogP contribution in [0.5, 0.6) is 0 Å². The van der Waals surface area contributed by atoms with Crippen LogP contribution in [-0.2, 0) is 0 Å². The molecular formula is C26H17N3. The van der Waals surface area contributed by atoms with Gasteiger partial charge in [0.15, 0.2) is 0 Å². The first-order chi connectivity index (χ1) is 14.2. The molecule has 29 heavy (non-hydrogen) atoms. The van der Waals surface area contributed by atoms with Gasteiger partial charge in [0.1, 0.15) is 0 Å². The Labute approximate surface area is 167 Å². The molecule has 2 aromatic heterocycles. The van der Waals surface area contributed by atoms with Gasteiger partial charge in [-0.05, 0) is 61.5 Å². The summed E-state index contributed by atoms with van der Waals surface area (Å²) in [6, 6.07) is 29.7. The van der Waals surface area contributed by atoms with E-state index in [1.165, 1.54) is 21.7 Å². The van der Waals surface area contributed by atoms with Gasteiger partial charge < -0.3 is 9.55 Å². The highest BCUT2D eigenvalue weighted by Gasteiger charge is 2.14. The number of nitriles is 1. The predicted octanol–water partition coefficient (Wildman–Crippen LogP) is 6.60. The highest BCUT2D eigenvalue weighted by atomic mass is 15.0. The third-order valence-electron chi connectivity index (χ3n) is 5.80. The SMILES string of the molecule is Cc1ccc2c(c1)c1cc(C#N)ccc1n2-c1ccc2[nH]c3ccccc3c2c1. The predicted molar refractivity (Wildman–Crippen MR) is 120 cm³/mol. The van der Waals surface area contributed by atoms with Gasteiger partial charge in [-0.15, -0.1) is 0 Å². The maximum atomic E-state index is 9.38. The number of hydrogen-bond acceptors (Lipinski definition) is 1. The summed E-state index contributed by atoms with van der Waals surface area (Å²) in [5.74, 6) is 0. The molecule has 0 saturated carbocycles. The second-order valence-electron chi connectivity index (χ2n) is 7.60. The molecule has 4 aromatic carbocycles. The first-order valence-corrected chi connectivity index (χ1v) is 9.69. The highest BCUT2D eigenvalue weighted by molar-refractivity contribution is 6.11. The summed E-state index contributed by atoms with van der Waals surface area (Å²) in [7, 11) is 0. The number of para-hydroxylation sites is 1. The number of benzene rings is 4. The second kappa shape index (κ2) is 5.73. The smallest absolute Gasteiger partial charge is 0.0991 e. The fraction of sp³-hybridized carbons (Fsp3) is 0.0385. The largest absolute Gasteiger partial charge is 0.355 e. The van der Waals surface area contributed by atoms with E-state index in [-0.39, 0.29) is 0 Å². The van der Waals surface area contributed by atoms with E-state index in [0.29, 0.717) is 5.56 Å². The highest BCUT2D eigenvalue weighted by Crippen LogP contribution is 2.35. The van der Waals surface area contributed by atoms with Crippen LogP contribution in [0.1, 0.15) is 11.1 Å². The zero-order valence-electron chi connectivity index (χ0n) is 15.9. The lowest BCUT2D eigenvalue weighted by molar-refractivity contribution is 1.18. The first-order valence-electron chi connectivity index (χ1n) is 9.69. The van der Waals surface area contributed by atoms with E-state index in [4.69, 9.17) is 0 Å². The van der Waals surface area contributed by atoms with Crippen molar-refractivity contribution in [1.29, 1.82) is 5.26 Å². The van der Waals surface area contributed by atoms with Crippen LogP contribution in [0.4, 0.5) is 0 Å². The van der Waals surface area contributed by atoms with Crippen molar-refractivity contribution in [1.82, 2.24) is 9.55 Å². The Morgan fingerprint density at radius 1 is 0.724 bits per heavy atom. The van der Waals surface area contributed by atoms with Crippen LogP contribution in [0.15, 0.2) is 78.9 Å².